The van der Waals surface area contributed by atoms with E-state index in [1.165, 1.54) is 6.92 Å². The molecule has 8 heteroatoms. The summed E-state index contributed by atoms with van der Waals surface area (Å²) >= 11 is 0. The molecule has 0 amide bonds. The van der Waals surface area contributed by atoms with Gasteiger partial charge in [0.15, 0.2) is 5.60 Å². The normalized spacial score (nSPS) is 42.7. The highest BCUT2D eigenvalue weighted by atomic mass is 16.6. The Labute approximate surface area is 229 Å². The van der Waals surface area contributed by atoms with E-state index in [4.69, 9.17) is 14.2 Å². The number of esters is 2. The summed E-state index contributed by atoms with van der Waals surface area (Å²) in [5.74, 6) is -3.08. The maximum atomic E-state index is 14.7. The second-order valence-electron chi connectivity index (χ2n) is 12.9. The zero-order valence-corrected chi connectivity index (χ0v) is 23.8. The van der Waals surface area contributed by atoms with Gasteiger partial charge in [0.2, 0.25) is 0 Å². The number of carbonyl (C=O) groups is 3. The van der Waals surface area contributed by atoms with E-state index < -0.39 is 64.1 Å². The first kappa shape index (κ1) is 28.0. The SMILES string of the molecule is CC(=O)O[C@@]12COC1C[C@H](C)[C@@]1(C)C(=O)[C@H](C)C3=C(C)[C@@H](O)C[C@@](O)([C@@H](OC(=O)c4ccccc4)[C@@H]12)C3(C)C. The molecule has 212 valence electrons. The fourth-order valence-corrected chi connectivity index (χ4v) is 8.46. The average Bonchev–Trinajstić information content (AvgIpc) is 2.87. The minimum atomic E-state index is -1.79. The first-order valence-electron chi connectivity index (χ1n) is 13.9. The van der Waals surface area contributed by atoms with Crippen LogP contribution in [0.4, 0.5) is 0 Å². The molecule has 0 radical (unpaired) electrons. The second-order valence-corrected chi connectivity index (χ2v) is 12.9. The number of aliphatic hydroxyl groups is 2. The summed E-state index contributed by atoms with van der Waals surface area (Å²) in [4.78, 5) is 40.9. The van der Waals surface area contributed by atoms with Gasteiger partial charge in [0.25, 0.3) is 0 Å². The summed E-state index contributed by atoms with van der Waals surface area (Å²) in [7, 11) is 0. The Kier molecular flexibility index (Phi) is 6.45. The summed E-state index contributed by atoms with van der Waals surface area (Å²) < 4.78 is 18.3. The predicted octanol–water partition coefficient (Wildman–Crippen LogP) is 3.63. The summed E-state index contributed by atoms with van der Waals surface area (Å²) in [6.45, 7) is 12.5. The Morgan fingerprint density at radius 2 is 1.74 bits per heavy atom. The van der Waals surface area contributed by atoms with Gasteiger partial charge in [0, 0.05) is 30.1 Å². The van der Waals surface area contributed by atoms with Gasteiger partial charge in [-0.1, -0.05) is 52.8 Å². The van der Waals surface area contributed by atoms with E-state index in [-0.39, 0.29) is 30.3 Å². The molecule has 1 aromatic carbocycles. The molecule has 0 spiro atoms. The van der Waals surface area contributed by atoms with E-state index in [1.54, 1.807) is 37.3 Å². The Morgan fingerprint density at radius 3 is 2.31 bits per heavy atom. The van der Waals surface area contributed by atoms with Crippen LogP contribution in [0.5, 0.6) is 0 Å². The third-order valence-corrected chi connectivity index (χ3v) is 10.7. The van der Waals surface area contributed by atoms with Gasteiger partial charge in [-0.05, 0) is 42.5 Å². The highest BCUT2D eigenvalue weighted by Crippen LogP contribution is 2.66. The Morgan fingerprint density at radius 1 is 1.10 bits per heavy atom. The number of ketones is 1. The zero-order chi connectivity index (χ0) is 28.7. The molecule has 3 aliphatic carbocycles. The molecule has 1 aliphatic heterocycles. The number of rotatable bonds is 3. The van der Waals surface area contributed by atoms with E-state index >= 15 is 0 Å². The standard InChI is InChI=1S/C31H40O8/c1-16-13-22-30(15-37-22,39-19(4)32)24-26(38-27(35)20-11-9-8-10-12-20)31(36)14-21(33)17(2)23(28(31,5)6)18(3)25(34)29(16,24)7/h8-12,16,18,21-22,24,26,33,36H,13-15H2,1-7H3/t16-,18+,21-,22?,24-,26-,29+,30-,31+/m0/s1. The number of benzene rings is 1. The van der Waals surface area contributed by atoms with Crippen molar-refractivity contribution in [3.8, 4) is 0 Å². The zero-order valence-electron chi connectivity index (χ0n) is 23.8. The molecule has 2 saturated carbocycles. The molecule has 1 aromatic rings. The lowest BCUT2D eigenvalue weighted by Gasteiger charge is -2.68. The molecule has 8 nitrogen and oxygen atoms in total. The van der Waals surface area contributed by atoms with E-state index in [0.29, 0.717) is 17.6 Å². The number of aliphatic hydroxyl groups excluding tert-OH is 1. The number of ether oxygens (including phenoxy) is 3. The maximum absolute atomic E-state index is 14.7. The molecule has 5 rings (SSSR count). The average molecular weight is 541 g/mol. The maximum Gasteiger partial charge on any atom is 0.338 e. The van der Waals surface area contributed by atoms with Crippen LogP contribution in [0.3, 0.4) is 0 Å². The number of hydrogen-bond acceptors (Lipinski definition) is 8. The molecule has 1 unspecified atom stereocenters. The van der Waals surface area contributed by atoms with Crippen LogP contribution in [0.2, 0.25) is 0 Å². The molecule has 1 saturated heterocycles. The summed E-state index contributed by atoms with van der Waals surface area (Å²) in [6.07, 6.45) is -2.50. The van der Waals surface area contributed by atoms with Crippen LogP contribution in [-0.2, 0) is 23.8 Å². The van der Waals surface area contributed by atoms with Crippen LogP contribution in [0, 0.1) is 28.6 Å². The van der Waals surface area contributed by atoms with Gasteiger partial charge < -0.3 is 24.4 Å². The van der Waals surface area contributed by atoms with Gasteiger partial charge in [0.05, 0.1) is 24.2 Å². The van der Waals surface area contributed by atoms with Gasteiger partial charge in [0.1, 0.15) is 23.6 Å². The van der Waals surface area contributed by atoms with Gasteiger partial charge in [-0.15, -0.1) is 0 Å². The smallest absolute Gasteiger partial charge is 0.338 e. The van der Waals surface area contributed by atoms with Gasteiger partial charge in [-0.3, -0.25) is 9.59 Å². The van der Waals surface area contributed by atoms with Crippen molar-refractivity contribution in [3.05, 3.63) is 47.0 Å². The van der Waals surface area contributed by atoms with Crippen molar-refractivity contribution < 1.29 is 38.8 Å². The van der Waals surface area contributed by atoms with Crippen LogP contribution in [0.15, 0.2) is 41.5 Å². The third kappa shape index (κ3) is 3.64. The Bertz CT molecular complexity index is 1240. The van der Waals surface area contributed by atoms with Crippen molar-refractivity contribution in [3.63, 3.8) is 0 Å². The van der Waals surface area contributed by atoms with Crippen LogP contribution in [0.25, 0.3) is 0 Å². The van der Waals surface area contributed by atoms with Crippen molar-refractivity contribution in [1.82, 2.24) is 0 Å². The van der Waals surface area contributed by atoms with Crippen LogP contribution in [0.1, 0.15) is 71.7 Å². The lowest BCUT2D eigenvalue weighted by molar-refractivity contribution is -0.339. The summed E-state index contributed by atoms with van der Waals surface area (Å²) in [6, 6.07) is 8.47. The Hall–Kier alpha value is -2.55. The van der Waals surface area contributed by atoms with Crippen LogP contribution < -0.4 is 0 Å². The largest absolute Gasteiger partial charge is 0.455 e. The molecule has 2 N–H and O–H groups in total. The molecule has 0 aromatic heterocycles. The molecular weight excluding hydrogens is 500 g/mol. The van der Waals surface area contributed by atoms with E-state index in [9.17, 15) is 24.6 Å². The molecule has 9 atom stereocenters. The molecule has 2 bridgehead atoms. The van der Waals surface area contributed by atoms with Crippen LogP contribution >= 0.6 is 0 Å². The third-order valence-electron chi connectivity index (χ3n) is 10.7. The molecule has 3 fully saturated rings. The highest BCUT2D eigenvalue weighted by Gasteiger charge is 2.76. The molecule has 4 aliphatic rings. The lowest BCUT2D eigenvalue weighted by atomic mass is 9.42. The predicted molar refractivity (Wildman–Crippen MR) is 141 cm³/mol. The molecular formula is C31H40O8. The van der Waals surface area contributed by atoms with Crippen molar-refractivity contribution in [2.45, 2.75) is 90.8 Å². The van der Waals surface area contributed by atoms with E-state index in [0.717, 1.165) is 0 Å². The minimum Gasteiger partial charge on any atom is -0.455 e. The van der Waals surface area contributed by atoms with E-state index in [1.807, 2.05) is 34.6 Å². The summed E-state index contributed by atoms with van der Waals surface area (Å²) in [5, 5.41) is 24.1. The van der Waals surface area contributed by atoms with Crippen molar-refractivity contribution >= 4 is 17.7 Å². The lowest BCUT2D eigenvalue weighted by Crippen LogP contribution is -2.80. The molecule has 1 heterocycles. The van der Waals surface area contributed by atoms with Gasteiger partial charge in [-0.25, -0.2) is 4.79 Å². The van der Waals surface area contributed by atoms with Crippen molar-refractivity contribution in [2.75, 3.05) is 6.61 Å². The molecule has 39 heavy (non-hydrogen) atoms. The fourth-order valence-electron chi connectivity index (χ4n) is 8.46. The van der Waals surface area contributed by atoms with Crippen molar-refractivity contribution in [2.24, 2.45) is 28.6 Å². The number of carbonyl (C=O) groups excluding carboxylic acids is 3. The highest BCUT2D eigenvalue weighted by molar-refractivity contribution is 5.92. The van der Waals surface area contributed by atoms with Gasteiger partial charge in [-0.2, -0.15) is 0 Å². The Balaban J connectivity index is 1.81. The monoisotopic (exact) mass is 540 g/mol. The first-order chi connectivity index (χ1) is 18.1. The fraction of sp³-hybridized carbons (Fsp3) is 0.645. The number of hydrogen-bond donors (Lipinski definition) is 2. The quantitative estimate of drug-likeness (QED) is 0.441. The first-order valence-corrected chi connectivity index (χ1v) is 13.9. The summed E-state index contributed by atoms with van der Waals surface area (Å²) in [5.41, 5.74) is -3.68. The second kappa shape index (κ2) is 8.98. The van der Waals surface area contributed by atoms with Gasteiger partial charge >= 0.3 is 11.9 Å². The minimum absolute atomic E-state index is 0.0199. The van der Waals surface area contributed by atoms with E-state index in [2.05, 4.69) is 0 Å². The number of fused-ring (bicyclic) bond motifs is 5. The number of Topliss-reactive ketones (excluding diaryl/α,β-unsaturated/α-hetero) is 1. The topological polar surface area (TPSA) is 119 Å². The van der Waals surface area contributed by atoms with Crippen LogP contribution in [-0.4, -0.2) is 64.1 Å². The van der Waals surface area contributed by atoms with Crippen molar-refractivity contribution in [1.29, 1.82) is 0 Å².